The first-order chi connectivity index (χ1) is 15.6. The molecule has 0 unspecified atom stereocenters. The fourth-order valence-corrected chi connectivity index (χ4v) is 3.76. The van der Waals surface area contributed by atoms with Crippen molar-refractivity contribution in [3.8, 4) is 22.1 Å². The molecule has 1 N–H and O–H groups in total. The Morgan fingerprint density at radius 3 is 2.66 bits per heavy atom. The first kappa shape index (κ1) is 23.3. The molecule has 0 aliphatic rings. The number of benzene rings is 2. The topological polar surface area (TPSA) is 86.8 Å². The van der Waals surface area contributed by atoms with Crippen molar-refractivity contribution in [2.24, 2.45) is 0 Å². The van der Waals surface area contributed by atoms with Gasteiger partial charge in [-0.3, -0.25) is 9.59 Å². The molecule has 0 radical (unpaired) electrons. The van der Waals surface area contributed by atoms with E-state index in [0.717, 1.165) is 16.1 Å². The molecule has 168 valence electrons. The molecule has 0 spiro atoms. The van der Waals surface area contributed by atoms with Gasteiger partial charge in [0.1, 0.15) is 11.6 Å². The van der Waals surface area contributed by atoms with Crippen molar-refractivity contribution in [2.75, 3.05) is 20.3 Å². The van der Waals surface area contributed by atoms with Gasteiger partial charge in [-0.2, -0.15) is 0 Å². The third-order valence-electron chi connectivity index (χ3n) is 4.50. The minimum Gasteiger partial charge on any atom is -0.493 e. The van der Waals surface area contributed by atoms with Gasteiger partial charge in [0.15, 0.2) is 11.5 Å². The van der Waals surface area contributed by atoms with E-state index in [1.807, 2.05) is 60.8 Å². The quantitative estimate of drug-likeness (QED) is 0.441. The molecule has 32 heavy (non-hydrogen) atoms. The summed E-state index contributed by atoms with van der Waals surface area (Å²) < 4.78 is 16.2. The van der Waals surface area contributed by atoms with Crippen molar-refractivity contribution in [3.05, 3.63) is 65.2 Å². The van der Waals surface area contributed by atoms with E-state index in [1.165, 1.54) is 11.3 Å². The first-order valence-electron chi connectivity index (χ1n) is 10.3. The predicted molar refractivity (Wildman–Crippen MR) is 123 cm³/mol. The monoisotopic (exact) mass is 454 g/mol. The van der Waals surface area contributed by atoms with Crippen LogP contribution in [0, 0.1) is 0 Å². The minimum absolute atomic E-state index is 0.0848. The van der Waals surface area contributed by atoms with E-state index >= 15 is 0 Å². The van der Waals surface area contributed by atoms with Gasteiger partial charge in [0, 0.05) is 17.5 Å². The second kappa shape index (κ2) is 11.9. The van der Waals surface area contributed by atoms with Crippen LogP contribution in [-0.4, -0.2) is 37.1 Å². The summed E-state index contributed by atoms with van der Waals surface area (Å²) in [5.41, 5.74) is 2.49. The summed E-state index contributed by atoms with van der Waals surface area (Å²) in [5.74, 6) is 0.809. The van der Waals surface area contributed by atoms with E-state index < -0.39 is 0 Å². The number of aromatic nitrogens is 1. The third-order valence-corrected chi connectivity index (χ3v) is 5.44. The molecular weight excluding hydrogens is 428 g/mol. The lowest BCUT2D eigenvalue weighted by molar-refractivity contribution is -0.144. The zero-order valence-corrected chi connectivity index (χ0v) is 18.9. The largest absolute Gasteiger partial charge is 0.493 e. The molecule has 3 aromatic rings. The third kappa shape index (κ3) is 6.81. The number of nitrogens with zero attached hydrogens (tertiary/aromatic N) is 1. The Hall–Kier alpha value is -3.39. The number of carbonyl (C=O) groups excluding carboxylic acids is 2. The Morgan fingerprint density at radius 2 is 1.91 bits per heavy atom. The highest BCUT2D eigenvalue weighted by atomic mass is 32.1. The van der Waals surface area contributed by atoms with Crippen LogP contribution in [0.15, 0.2) is 53.9 Å². The van der Waals surface area contributed by atoms with Crippen molar-refractivity contribution < 1.29 is 23.8 Å². The average Bonchev–Trinajstić information content (AvgIpc) is 3.28. The van der Waals surface area contributed by atoms with Gasteiger partial charge in [-0.15, -0.1) is 11.3 Å². The maximum Gasteiger partial charge on any atom is 0.307 e. The van der Waals surface area contributed by atoms with Crippen LogP contribution in [0.25, 0.3) is 10.6 Å². The highest BCUT2D eigenvalue weighted by molar-refractivity contribution is 7.13. The number of rotatable bonds is 11. The summed E-state index contributed by atoms with van der Waals surface area (Å²) in [4.78, 5) is 28.4. The van der Waals surface area contributed by atoms with Gasteiger partial charge in [-0.25, -0.2) is 4.98 Å². The van der Waals surface area contributed by atoms with E-state index in [4.69, 9.17) is 14.2 Å². The number of ether oxygens (including phenoxy) is 3. The van der Waals surface area contributed by atoms with Gasteiger partial charge < -0.3 is 19.5 Å². The number of nitrogens with one attached hydrogen (secondary N) is 1. The van der Waals surface area contributed by atoms with Crippen molar-refractivity contribution in [2.45, 2.75) is 26.4 Å². The molecule has 1 heterocycles. The number of esters is 1. The van der Waals surface area contributed by atoms with Crippen LogP contribution in [0.2, 0.25) is 0 Å². The average molecular weight is 455 g/mol. The Morgan fingerprint density at radius 1 is 1.09 bits per heavy atom. The lowest BCUT2D eigenvalue weighted by Gasteiger charge is -2.10. The van der Waals surface area contributed by atoms with Crippen molar-refractivity contribution >= 4 is 23.2 Å². The molecule has 0 saturated heterocycles. The molecule has 8 heteroatoms. The van der Waals surface area contributed by atoms with Crippen LogP contribution >= 0.6 is 11.3 Å². The van der Waals surface area contributed by atoms with Crippen LogP contribution < -0.4 is 14.8 Å². The van der Waals surface area contributed by atoms with Gasteiger partial charge in [-0.05, 0) is 30.7 Å². The van der Waals surface area contributed by atoms with Gasteiger partial charge >= 0.3 is 5.97 Å². The predicted octanol–water partition coefficient (Wildman–Crippen LogP) is 4.01. The van der Waals surface area contributed by atoms with E-state index in [9.17, 15) is 9.59 Å². The summed E-state index contributed by atoms with van der Waals surface area (Å²) in [6.45, 7) is 2.79. The molecular formula is C24H26N2O5S. The lowest BCUT2D eigenvalue weighted by atomic mass is 10.1. The smallest absolute Gasteiger partial charge is 0.307 e. The van der Waals surface area contributed by atoms with Gasteiger partial charge in [0.2, 0.25) is 5.91 Å². The molecule has 1 aromatic heterocycles. The molecule has 0 aliphatic carbocycles. The zero-order valence-electron chi connectivity index (χ0n) is 18.1. The molecule has 0 saturated carbocycles. The maximum absolute atomic E-state index is 12.0. The van der Waals surface area contributed by atoms with Crippen molar-refractivity contribution in [1.82, 2.24) is 10.3 Å². The number of hydrogen-bond acceptors (Lipinski definition) is 7. The summed E-state index contributed by atoms with van der Waals surface area (Å²) in [6, 6.07) is 15.1. The molecule has 1 amide bonds. The Balaban J connectivity index is 1.43. The summed E-state index contributed by atoms with van der Waals surface area (Å²) in [6.07, 6.45) is 0.390. The van der Waals surface area contributed by atoms with E-state index in [-0.39, 0.29) is 37.9 Å². The van der Waals surface area contributed by atoms with E-state index in [1.54, 1.807) is 7.11 Å². The highest BCUT2D eigenvalue weighted by Gasteiger charge is 2.12. The lowest BCUT2D eigenvalue weighted by Crippen LogP contribution is -2.27. The SMILES string of the molecule is CCOc1ccc(-c2nc(COC(=O)CCNC(=O)Cc3ccccc3)cs2)cc1OC. The fourth-order valence-electron chi connectivity index (χ4n) is 2.96. The van der Waals surface area contributed by atoms with Crippen LogP contribution in [0.1, 0.15) is 24.6 Å². The Labute approximate surface area is 191 Å². The molecule has 0 fully saturated rings. The second-order valence-electron chi connectivity index (χ2n) is 6.87. The highest BCUT2D eigenvalue weighted by Crippen LogP contribution is 2.33. The van der Waals surface area contributed by atoms with Gasteiger partial charge in [-0.1, -0.05) is 30.3 Å². The first-order valence-corrected chi connectivity index (χ1v) is 11.2. The summed E-state index contributed by atoms with van der Waals surface area (Å²) in [7, 11) is 1.60. The minimum atomic E-state index is -0.387. The molecule has 3 rings (SSSR count). The normalized spacial score (nSPS) is 10.4. The van der Waals surface area contributed by atoms with E-state index in [2.05, 4.69) is 10.3 Å². The Kier molecular flexibility index (Phi) is 8.62. The van der Waals surface area contributed by atoms with Crippen LogP contribution in [0.4, 0.5) is 0 Å². The molecule has 7 nitrogen and oxygen atoms in total. The van der Waals surface area contributed by atoms with Crippen molar-refractivity contribution in [3.63, 3.8) is 0 Å². The van der Waals surface area contributed by atoms with E-state index in [0.29, 0.717) is 23.8 Å². The molecule has 0 atom stereocenters. The standard InChI is InChI=1S/C24H26N2O5S/c1-3-30-20-10-9-18(14-21(20)29-2)24-26-19(16-32-24)15-31-23(28)11-12-25-22(27)13-17-7-5-4-6-8-17/h4-10,14,16H,3,11-13,15H2,1-2H3,(H,25,27). The number of thiazole rings is 1. The van der Waals surface area contributed by atoms with Crippen LogP contribution in [0.3, 0.4) is 0 Å². The number of hydrogen-bond donors (Lipinski definition) is 1. The van der Waals surface area contributed by atoms with Gasteiger partial charge in [0.05, 0.1) is 32.3 Å². The van der Waals surface area contributed by atoms with Crippen LogP contribution in [0.5, 0.6) is 11.5 Å². The van der Waals surface area contributed by atoms with Crippen molar-refractivity contribution in [1.29, 1.82) is 0 Å². The molecule has 0 bridgehead atoms. The Bertz CT molecular complexity index is 1040. The fraction of sp³-hybridized carbons (Fsp3) is 0.292. The zero-order chi connectivity index (χ0) is 22.8. The summed E-state index contributed by atoms with van der Waals surface area (Å²) in [5, 5.41) is 5.39. The van der Waals surface area contributed by atoms with Crippen LogP contribution in [-0.2, 0) is 27.4 Å². The number of carbonyl (C=O) groups is 2. The van der Waals surface area contributed by atoms with Gasteiger partial charge in [0.25, 0.3) is 0 Å². The maximum atomic E-state index is 12.0. The second-order valence-corrected chi connectivity index (χ2v) is 7.72. The number of amides is 1. The number of methoxy groups -OCH3 is 1. The molecule has 0 aliphatic heterocycles. The summed E-state index contributed by atoms with van der Waals surface area (Å²) >= 11 is 1.46. The molecule has 2 aromatic carbocycles.